The number of anilines is 1. The lowest BCUT2D eigenvalue weighted by Gasteiger charge is -2.13. The second-order valence-corrected chi connectivity index (χ2v) is 6.13. The van der Waals surface area contributed by atoms with Gasteiger partial charge in [0.05, 0.1) is 12.5 Å². The minimum Gasteiger partial charge on any atom is -0.337 e. The topological polar surface area (TPSA) is 100 Å². The molecular formula is C17H22N6O2. The van der Waals surface area contributed by atoms with Gasteiger partial charge in [-0.15, -0.1) is 0 Å². The van der Waals surface area contributed by atoms with Crippen molar-refractivity contribution in [1.29, 1.82) is 0 Å². The highest BCUT2D eigenvalue weighted by Crippen LogP contribution is 2.12. The van der Waals surface area contributed by atoms with Crippen LogP contribution >= 0.6 is 0 Å². The fourth-order valence-corrected chi connectivity index (χ4v) is 2.66. The maximum atomic E-state index is 12.3. The quantitative estimate of drug-likeness (QED) is 0.624. The average molecular weight is 342 g/mol. The summed E-state index contributed by atoms with van der Waals surface area (Å²) in [4.78, 5) is 28.3. The zero-order valence-corrected chi connectivity index (χ0v) is 14.0. The normalized spacial score (nSPS) is 19.6. The maximum Gasteiger partial charge on any atom is 0.252 e. The smallest absolute Gasteiger partial charge is 0.252 e. The molecule has 0 bridgehead atoms. The van der Waals surface area contributed by atoms with Gasteiger partial charge in [0.1, 0.15) is 0 Å². The largest absolute Gasteiger partial charge is 0.337 e. The number of amides is 2. The molecule has 0 saturated carbocycles. The average Bonchev–Trinajstić information content (AvgIpc) is 3.25. The number of aryl methyl sites for hydroxylation is 1. The van der Waals surface area contributed by atoms with Crippen LogP contribution in [0.2, 0.25) is 0 Å². The van der Waals surface area contributed by atoms with Gasteiger partial charge in [-0.05, 0) is 31.5 Å². The van der Waals surface area contributed by atoms with E-state index < -0.39 is 0 Å². The lowest BCUT2D eigenvalue weighted by Crippen LogP contribution is -2.44. The first-order chi connectivity index (χ1) is 12.1. The highest BCUT2D eigenvalue weighted by molar-refractivity contribution is 5.97. The van der Waals surface area contributed by atoms with Crippen LogP contribution in [0.25, 0.3) is 0 Å². The third-order valence-corrected chi connectivity index (χ3v) is 3.96. The number of carbonyl (C=O) groups excluding carboxylic acids is 2. The van der Waals surface area contributed by atoms with Crippen LogP contribution in [0.5, 0.6) is 0 Å². The van der Waals surface area contributed by atoms with E-state index in [4.69, 9.17) is 0 Å². The van der Waals surface area contributed by atoms with Gasteiger partial charge in [-0.2, -0.15) is 0 Å². The number of imidazole rings is 1. The molecule has 25 heavy (non-hydrogen) atoms. The Bertz CT molecular complexity index is 730. The van der Waals surface area contributed by atoms with Crippen molar-refractivity contribution in [3.8, 4) is 0 Å². The molecule has 3 rings (SSSR count). The Balaban J connectivity index is 1.53. The Kier molecular flexibility index (Phi) is 5.42. The van der Waals surface area contributed by atoms with Gasteiger partial charge < -0.3 is 15.2 Å². The summed E-state index contributed by atoms with van der Waals surface area (Å²) in [6.45, 7) is 2.60. The Hall–Kier alpha value is -2.71. The number of rotatable bonds is 6. The zero-order valence-electron chi connectivity index (χ0n) is 14.0. The van der Waals surface area contributed by atoms with Crippen molar-refractivity contribution in [1.82, 2.24) is 25.7 Å². The number of nitrogens with one attached hydrogen (secondary N) is 4. The van der Waals surface area contributed by atoms with Gasteiger partial charge in [0.15, 0.2) is 0 Å². The molecule has 1 aliphatic rings. The third kappa shape index (κ3) is 4.88. The summed E-state index contributed by atoms with van der Waals surface area (Å²) in [5.74, 6) is -0.287. The Morgan fingerprint density at radius 3 is 2.96 bits per heavy atom. The molecule has 1 aliphatic heterocycles. The van der Waals surface area contributed by atoms with Crippen molar-refractivity contribution in [2.45, 2.75) is 38.5 Å². The highest BCUT2D eigenvalue weighted by Gasteiger charge is 2.22. The summed E-state index contributed by atoms with van der Waals surface area (Å²) < 4.78 is 1.84. The summed E-state index contributed by atoms with van der Waals surface area (Å²) in [7, 11) is 0. The van der Waals surface area contributed by atoms with Gasteiger partial charge in [0.25, 0.3) is 5.91 Å². The van der Waals surface area contributed by atoms with Crippen molar-refractivity contribution >= 4 is 17.5 Å². The molecule has 1 aromatic heterocycles. The van der Waals surface area contributed by atoms with Crippen LogP contribution in [-0.4, -0.2) is 33.6 Å². The van der Waals surface area contributed by atoms with Gasteiger partial charge in [0, 0.05) is 42.7 Å². The van der Waals surface area contributed by atoms with Crippen molar-refractivity contribution < 1.29 is 9.59 Å². The molecule has 2 unspecified atom stereocenters. The van der Waals surface area contributed by atoms with Gasteiger partial charge in [-0.25, -0.2) is 10.4 Å². The number of benzene rings is 1. The minimum atomic E-state index is -0.178. The fraction of sp³-hybridized carbons (Fsp3) is 0.353. The molecule has 2 amide bonds. The summed E-state index contributed by atoms with van der Waals surface area (Å²) in [5, 5.41) is 5.73. The fourth-order valence-electron chi connectivity index (χ4n) is 2.66. The van der Waals surface area contributed by atoms with Crippen molar-refractivity contribution in [2.75, 3.05) is 5.32 Å². The van der Waals surface area contributed by atoms with E-state index in [-0.39, 0.29) is 18.0 Å². The van der Waals surface area contributed by atoms with Crippen LogP contribution in [0.4, 0.5) is 5.69 Å². The van der Waals surface area contributed by atoms with E-state index in [9.17, 15) is 9.59 Å². The number of nitrogens with zero attached hydrogens (tertiary/aromatic N) is 2. The molecule has 0 aliphatic carbocycles. The predicted molar refractivity (Wildman–Crippen MR) is 93.5 cm³/mol. The molecule has 2 heterocycles. The summed E-state index contributed by atoms with van der Waals surface area (Å²) >= 11 is 0. The molecule has 1 fully saturated rings. The van der Waals surface area contributed by atoms with Gasteiger partial charge in [0.2, 0.25) is 5.91 Å². The second-order valence-electron chi connectivity index (χ2n) is 6.13. The molecular weight excluding hydrogens is 320 g/mol. The summed E-state index contributed by atoms with van der Waals surface area (Å²) in [6.07, 6.45) is 6.21. The van der Waals surface area contributed by atoms with Crippen molar-refractivity contribution in [3.63, 3.8) is 0 Å². The molecule has 4 N–H and O–H groups in total. The zero-order chi connectivity index (χ0) is 17.6. The molecule has 8 heteroatoms. The first-order valence-corrected chi connectivity index (χ1v) is 8.28. The van der Waals surface area contributed by atoms with E-state index in [2.05, 4.69) is 26.5 Å². The van der Waals surface area contributed by atoms with Crippen molar-refractivity contribution in [3.05, 3.63) is 48.5 Å². The van der Waals surface area contributed by atoms with Crippen LogP contribution in [0.15, 0.2) is 43.0 Å². The number of hydrogen-bond donors (Lipinski definition) is 4. The summed E-state index contributed by atoms with van der Waals surface area (Å²) in [5.41, 5.74) is 7.20. The lowest BCUT2D eigenvalue weighted by molar-refractivity contribution is -0.116. The molecule has 1 saturated heterocycles. The standard InChI is InChI=1S/C17H22N6O2/c1-12-9-15(22-21-12)20-17(25)13-3-2-4-14(10-13)19-16(24)5-7-23-8-6-18-11-23/h2-4,6,8,10-12,15,21-22H,5,7,9H2,1H3,(H,19,24)(H,20,25). The molecule has 2 atom stereocenters. The molecule has 2 aromatic rings. The molecule has 132 valence electrons. The van der Waals surface area contributed by atoms with Crippen LogP contribution < -0.4 is 21.5 Å². The number of aromatic nitrogens is 2. The van der Waals surface area contributed by atoms with E-state index in [0.29, 0.717) is 30.3 Å². The van der Waals surface area contributed by atoms with Crippen LogP contribution in [0, 0.1) is 0 Å². The second kappa shape index (κ2) is 7.91. The maximum absolute atomic E-state index is 12.3. The lowest BCUT2D eigenvalue weighted by atomic mass is 10.1. The summed E-state index contributed by atoms with van der Waals surface area (Å²) in [6, 6.07) is 7.23. The van der Waals surface area contributed by atoms with E-state index in [1.807, 2.05) is 17.7 Å². The first kappa shape index (κ1) is 17.1. The SMILES string of the molecule is CC1CC(NC(=O)c2cccc(NC(=O)CCn3ccnc3)c2)NN1. The predicted octanol–water partition coefficient (Wildman–Crippen LogP) is 0.854. The van der Waals surface area contributed by atoms with Crippen LogP contribution in [-0.2, 0) is 11.3 Å². The Labute approximate surface area is 146 Å². The number of hydrazine groups is 1. The first-order valence-electron chi connectivity index (χ1n) is 8.28. The molecule has 8 nitrogen and oxygen atoms in total. The third-order valence-electron chi connectivity index (χ3n) is 3.96. The Morgan fingerprint density at radius 2 is 2.24 bits per heavy atom. The number of hydrogen-bond acceptors (Lipinski definition) is 5. The molecule has 0 spiro atoms. The van der Waals surface area contributed by atoms with Gasteiger partial charge >= 0.3 is 0 Å². The minimum absolute atomic E-state index is 0.101. The molecule has 1 aromatic carbocycles. The Morgan fingerprint density at radius 1 is 1.36 bits per heavy atom. The van der Waals surface area contributed by atoms with E-state index in [0.717, 1.165) is 6.42 Å². The van der Waals surface area contributed by atoms with E-state index in [1.54, 1.807) is 36.8 Å². The van der Waals surface area contributed by atoms with Gasteiger partial charge in [-0.1, -0.05) is 6.07 Å². The van der Waals surface area contributed by atoms with Gasteiger partial charge in [-0.3, -0.25) is 15.0 Å². The molecule has 0 radical (unpaired) electrons. The van der Waals surface area contributed by atoms with Crippen LogP contribution in [0.1, 0.15) is 30.1 Å². The van der Waals surface area contributed by atoms with Crippen LogP contribution in [0.3, 0.4) is 0 Å². The van der Waals surface area contributed by atoms with E-state index >= 15 is 0 Å². The monoisotopic (exact) mass is 342 g/mol. The van der Waals surface area contributed by atoms with Crippen molar-refractivity contribution in [2.24, 2.45) is 0 Å². The number of carbonyl (C=O) groups is 2. The van der Waals surface area contributed by atoms with E-state index in [1.165, 1.54) is 0 Å². The highest BCUT2D eigenvalue weighted by atomic mass is 16.2.